The number of aryl methyl sites for hydroxylation is 1. The van der Waals surface area contributed by atoms with Crippen molar-refractivity contribution in [3.63, 3.8) is 0 Å². The quantitative estimate of drug-likeness (QED) is 0.906. The average Bonchev–Trinajstić information content (AvgIpc) is 2.75. The van der Waals surface area contributed by atoms with Gasteiger partial charge in [-0.15, -0.1) is 0 Å². The summed E-state index contributed by atoms with van der Waals surface area (Å²) < 4.78 is 2.16. The van der Waals surface area contributed by atoms with Gasteiger partial charge in [-0.25, -0.2) is 4.98 Å². The van der Waals surface area contributed by atoms with Gasteiger partial charge in [-0.2, -0.15) is 0 Å². The summed E-state index contributed by atoms with van der Waals surface area (Å²) >= 11 is 0. The minimum absolute atomic E-state index is 0.800. The Labute approximate surface area is 115 Å². The zero-order valence-electron chi connectivity index (χ0n) is 11.9. The molecule has 2 atom stereocenters. The predicted octanol–water partition coefficient (Wildman–Crippen LogP) is 3.81. The van der Waals surface area contributed by atoms with E-state index in [9.17, 15) is 0 Å². The highest BCUT2D eigenvalue weighted by Crippen LogP contribution is 2.29. The van der Waals surface area contributed by atoms with E-state index in [1.165, 1.54) is 31.2 Å². The van der Waals surface area contributed by atoms with E-state index in [4.69, 9.17) is 0 Å². The van der Waals surface area contributed by atoms with Crippen LogP contribution in [-0.4, -0.2) is 16.1 Å². The fourth-order valence-corrected chi connectivity index (χ4v) is 3.22. The van der Waals surface area contributed by atoms with Crippen LogP contribution in [-0.2, 0) is 7.05 Å². The lowest BCUT2D eigenvalue weighted by Crippen LogP contribution is -2.25. The van der Waals surface area contributed by atoms with Crippen LogP contribution in [0.5, 0.6) is 0 Å². The zero-order chi connectivity index (χ0) is 13.2. The van der Waals surface area contributed by atoms with Crippen LogP contribution in [0.3, 0.4) is 0 Å². The standard InChI is InChI=1S/C16H23N3/c1-12-7-3-4-8-13(12)11-17-16-18-14-9-5-6-10-15(14)19(16)2/h5-6,9-10,12-13H,3-4,7-8,11H2,1-2H3,(H,17,18). The molecule has 0 amide bonds. The molecule has 3 rings (SSSR count). The third kappa shape index (κ3) is 2.46. The van der Waals surface area contributed by atoms with E-state index in [2.05, 4.69) is 47.0 Å². The van der Waals surface area contributed by atoms with E-state index >= 15 is 0 Å². The van der Waals surface area contributed by atoms with Gasteiger partial charge in [0.2, 0.25) is 5.95 Å². The van der Waals surface area contributed by atoms with Gasteiger partial charge >= 0.3 is 0 Å². The smallest absolute Gasteiger partial charge is 0.203 e. The van der Waals surface area contributed by atoms with Crippen molar-refractivity contribution in [2.45, 2.75) is 32.6 Å². The van der Waals surface area contributed by atoms with Gasteiger partial charge in [0.05, 0.1) is 11.0 Å². The molecule has 1 heterocycles. The van der Waals surface area contributed by atoms with Gasteiger partial charge in [-0.05, 0) is 30.4 Å². The molecule has 2 unspecified atom stereocenters. The first-order valence-electron chi connectivity index (χ1n) is 7.41. The maximum atomic E-state index is 4.67. The molecule has 0 saturated heterocycles. The first kappa shape index (κ1) is 12.5. The second-order valence-electron chi connectivity index (χ2n) is 5.89. The number of nitrogens with one attached hydrogen (secondary N) is 1. The van der Waals surface area contributed by atoms with Crippen LogP contribution in [0.15, 0.2) is 24.3 Å². The molecule has 3 nitrogen and oxygen atoms in total. The lowest BCUT2D eigenvalue weighted by atomic mass is 9.80. The Hall–Kier alpha value is -1.51. The maximum Gasteiger partial charge on any atom is 0.203 e. The molecule has 0 radical (unpaired) electrons. The highest BCUT2D eigenvalue weighted by molar-refractivity contribution is 5.78. The highest BCUT2D eigenvalue weighted by Gasteiger charge is 2.21. The second-order valence-corrected chi connectivity index (χ2v) is 5.89. The Bertz CT molecular complexity index is 558. The first-order valence-corrected chi connectivity index (χ1v) is 7.41. The Morgan fingerprint density at radius 3 is 2.84 bits per heavy atom. The zero-order valence-corrected chi connectivity index (χ0v) is 11.9. The van der Waals surface area contributed by atoms with Crippen molar-refractivity contribution in [1.29, 1.82) is 0 Å². The Morgan fingerprint density at radius 1 is 1.26 bits per heavy atom. The predicted molar refractivity (Wildman–Crippen MR) is 80.3 cm³/mol. The molecule has 3 heteroatoms. The number of imidazole rings is 1. The van der Waals surface area contributed by atoms with E-state index in [1.807, 2.05) is 6.07 Å². The number of fused-ring (bicyclic) bond motifs is 1. The van der Waals surface area contributed by atoms with Crippen LogP contribution < -0.4 is 5.32 Å². The number of aromatic nitrogens is 2. The molecular weight excluding hydrogens is 234 g/mol. The van der Waals surface area contributed by atoms with Crippen LogP contribution in [0.4, 0.5) is 5.95 Å². The van der Waals surface area contributed by atoms with Crippen LogP contribution in [0.2, 0.25) is 0 Å². The van der Waals surface area contributed by atoms with Crippen molar-refractivity contribution in [2.24, 2.45) is 18.9 Å². The molecule has 0 spiro atoms. The van der Waals surface area contributed by atoms with Crippen molar-refractivity contribution in [3.05, 3.63) is 24.3 Å². The molecule has 1 saturated carbocycles. The monoisotopic (exact) mass is 257 g/mol. The number of hydrogen-bond donors (Lipinski definition) is 1. The second kappa shape index (κ2) is 5.24. The third-order valence-corrected chi connectivity index (χ3v) is 4.60. The van der Waals surface area contributed by atoms with E-state index in [-0.39, 0.29) is 0 Å². The molecule has 1 aliphatic rings. The van der Waals surface area contributed by atoms with E-state index in [0.717, 1.165) is 29.8 Å². The summed E-state index contributed by atoms with van der Waals surface area (Å²) in [7, 11) is 2.09. The van der Waals surface area contributed by atoms with E-state index in [1.54, 1.807) is 0 Å². The van der Waals surface area contributed by atoms with Gasteiger partial charge in [0.1, 0.15) is 0 Å². The molecule has 102 valence electrons. The van der Waals surface area contributed by atoms with Crippen molar-refractivity contribution in [3.8, 4) is 0 Å². The van der Waals surface area contributed by atoms with E-state index < -0.39 is 0 Å². The SMILES string of the molecule is CC1CCCCC1CNc1nc2ccccc2n1C. The number of nitrogens with zero attached hydrogens (tertiary/aromatic N) is 2. The normalized spacial score (nSPS) is 23.7. The van der Waals surface area contributed by atoms with Crippen LogP contribution in [0, 0.1) is 11.8 Å². The molecule has 0 aliphatic heterocycles. The van der Waals surface area contributed by atoms with Gasteiger partial charge in [0.25, 0.3) is 0 Å². The fourth-order valence-electron chi connectivity index (χ4n) is 3.22. The molecule has 1 aromatic carbocycles. The lowest BCUT2D eigenvalue weighted by Gasteiger charge is -2.28. The number of hydrogen-bond acceptors (Lipinski definition) is 2. The molecule has 1 aliphatic carbocycles. The Kier molecular flexibility index (Phi) is 3.45. The molecular formula is C16H23N3. The molecule has 19 heavy (non-hydrogen) atoms. The van der Waals surface area contributed by atoms with Gasteiger partial charge in [0.15, 0.2) is 0 Å². The topological polar surface area (TPSA) is 29.9 Å². The van der Waals surface area contributed by atoms with Gasteiger partial charge in [-0.1, -0.05) is 38.3 Å². The maximum absolute atomic E-state index is 4.67. The van der Waals surface area contributed by atoms with Crippen molar-refractivity contribution in [2.75, 3.05) is 11.9 Å². The molecule has 1 fully saturated rings. The minimum atomic E-state index is 0.800. The summed E-state index contributed by atoms with van der Waals surface area (Å²) in [5, 5.41) is 3.55. The van der Waals surface area contributed by atoms with Gasteiger partial charge in [0, 0.05) is 13.6 Å². The largest absolute Gasteiger partial charge is 0.355 e. The summed E-state index contributed by atoms with van der Waals surface area (Å²) in [5.41, 5.74) is 2.27. The fraction of sp³-hybridized carbons (Fsp3) is 0.562. The molecule has 0 bridgehead atoms. The van der Waals surface area contributed by atoms with Crippen molar-refractivity contribution >= 4 is 17.0 Å². The number of rotatable bonds is 3. The van der Waals surface area contributed by atoms with Crippen molar-refractivity contribution < 1.29 is 0 Å². The number of benzene rings is 1. The van der Waals surface area contributed by atoms with Crippen molar-refractivity contribution in [1.82, 2.24) is 9.55 Å². The van der Waals surface area contributed by atoms with Crippen LogP contribution in [0.1, 0.15) is 32.6 Å². The summed E-state index contributed by atoms with van der Waals surface area (Å²) in [6.45, 7) is 3.44. The van der Waals surface area contributed by atoms with Gasteiger partial charge < -0.3 is 9.88 Å². The third-order valence-electron chi connectivity index (χ3n) is 4.60. The number of para-hydroxylation sites is 2. The average molecular weight is 257 g/mol. The lowest BCUT2D eigenvalue weighted by molar-refractivity contribution is 0.268. The van der Waals surface area contributed by atoms with Crippen LogP contribution in [0.25, 0.3) is 11.0 Å². The van der Waals surface area contributed by atoms with Gasteiger partial charge in [-0.3, -0.25) is 0 Å². The molecule has 2 aromatic rings. The molecule has 1 N–H and O–H groups in total. The molecule has 1 aromatic heterocycles. The first-order chi connectivity index (χ1) is 9.25. The van der Waals surface area contributed by atoms with Crippen LogP contribution >= 0.6 is 0 Å². The summed E-state index contributed by atoms with van der Waals surface area (Å²) in [6.07, 6.45) is 5.54. The summed E-state index contributed by atoms with van der Waals surface area (Å²) in [5.74, 6) is 2.64. The highest BCUT2D eigenvalue weighted by atomic mass is 15.2. The number of anilines is 1. The Morgan fingerprint density at radius 2 is 2.05 bits per heavy atom. The van der Waals surface area contributed by atoms with E-state index in [0.29, 0.717) is 0 Å². The summed E-state index contributed by atoms with van der Waals surface area (Å²) in [6, 6.07) is 8.31. The Balaban J connectivity index is 1.73. The minimum Gasteiger partial charge on any atom is -0.355 e. The summed E-state index contributed by atoms with van der Waals surface area (Å²) in [4.78, 5) is 4.67.